The highest BCUT2D eigenvalue weighted by molar-refractivity contribution is 9.10. The van der Waals surface area contributed by atoms with Crippen LogP contribution in [-0.4, -0.2) is 16.7 Å². The smallest absolute Gasteiger partial charge is 0.156 e. The van der Waals surface area contributed by atoms with E-state index in [2.05, 4.69) is 26.1 Å². The third-order valence-electron chi connectivity index (χ3n) is 6.84. The second kappa shape index (κ2) is 12.1. The van der Waals surface area contributed by atoms with Crippen molar-refractivity contribution >= 4 is 60.7 Å². The van der Waals surface area contributed by atoms with Gasteiger partial charge in [-0.2, -0.15) is 0 Å². The van der Waals surface area contributed by atoms with Crippen molar-refractivity contribution < 1.29 is 13.7 Å². The van der Waals surface area contributed by atoms with E-state index in [-0.39, 0.29) is 5.82 Å². The molecule has 2 aromatic heterocycles. The zero-order chi connectivity index (χ0) is 25.9. The summed E-state index contributed by atoms with van der Waals surface area (Å²) in [4.78, 5) is 4.60. The average Bonchev–Trinajstić information content (AvgIpc) is 3.52. The van der Waals surface area contributed by atoms with Crippen LogP contribution in [0.25, 0.3) is 21.5 Å². The molecule has 2 fully saturated rings. The van der Waals surface area contributed by atoms with Gasteiger partial charge in [0, 0.05) is 29.6 Å². The van der Waals surface area contributed by atoms with Crippen molar-refractivity contribution in [1.82, 2.24) is 10.1 Å². The van der Waals surface area contributed by atoms with Crippen LogP contribution in [0.1, 0.15) is 80.0 Å². The van der Waals surface area contributed by atoms with Crippen molar-refractivity contribution in [3.05, 3.63) is 67.0 Å². The van der Waals surface area contributed by atoms with Gasteiger partial charge in [-0.1, -0.05) is 53.7 Å². The number of hydrogen-bond donors (Lipinski definition) is 0. The molecular weight excluding hydrogens is 598 g/mol. The zero-order valence-electron chi connectivity index (χ0n) is 20.5. The van der Waals surface area contributed by atoms with Crippen molar-refractivity contribution in [3.63, 3.8) is 0 Å². The molecule has 4 aromatic rings. The maximum Gasteiger partial charge on any atom is 0.156 e. The molecule has 0 amide bonds. The molecule has 4 nitrogen and oxygen atoms in total. The molecule has 2 aromatic carbocycles. The van der Waals surface area contributed by atoms with E-state index in [1.165, 1.54) is 43.4 Å². The molecule has 0 radical (unpaired) electrons. The molecule has 2 aliphatic rings. The van der Waals surface area contributed by atoms with E-state index in [1.807, 2.05) is 19.1 Å². The minimum absolute atomic E-state index is 0.165. The minimum atomic E-state index is -0.165. The fourth-order valence-corrected chi connectivity index (χ4v) is 6.94. The molecule has 0 unspecified atom stereocenters. The maximum absolute atomic E-state index is 13.9. The number of benzene rings is 2. The van der Waals surface area contributed by atoms with Crippen molar-refractivity contribution in [1.29, 1.82) is 0 Å². The first-order valence-corrected chi connectivity index (χ1v) is 15.1. The first kappa shape index (κ1) is 27.1. The van der Waals surface area contributed by atoms with Crippen LogP contribution >= 0.6 is 50.5 Å². The molecule has 0 atom stereocenters. The first-order valence-electron chi connectivity index (χ1n) is 12.7. The maximum atomic E-state index is 13.9. The summed E-state index contributed by atoms with van der Waals surface area (Å²) in [5, 5.41) is 6.47. The Hall–Kier alpha value is -1.51. The number of thiazole rings is 1. The highest BCUT2D eigenvalue weighted by Crippen LogP contribution is 2.46. The predicted octanol–water partition coefficient (Wildman–Crippen LogP) is 10.3. The Bertz CT molecular complexity index is 1360. The third-order valence-corrected chi connectivity index (χ3v) is 9.31. The fraction of sp³-hybridized carbons (Fsp3) is 0.429. The van der Waals surface area contributed by atoms with E-state index in [4.69, 9.17) is 32.5 Å². The molecule has 0 saturated heterocycles. The van der Waals surface area contributed by atoms with Crippen molar-refractivity contribution in [2.24, 2.45) is 0 Å². The third kappa shape index (κ3) is 6.06. The normalized spacial score (nSPS) is 16.1. The molecule has 37 heavy (non-hydrogen) atoms. The summed E-state index contributed by atoms with van der Waals surface area (Å²) in [5.74, 6) is 1.78. The Morgan fingerprint density at radius 1 is 1.05 bits per heavy atom. The van der Waals surface area contributed by atoms with Gasteiger partial charge >= 0.3 is 0 Å². The van der Waals surface area contributed by atoms with Gasteiger partial charge in [-0.25, -0.2) is 9.37 Å². The lowest BCUT2D eigenvalue weighted by molar-refractivity contribution is 0.133. The lowest BCUT2D eigenvalue weighted by Gasteiger charge is -2.18. The van der Waals surface area contributed by atoms with Gasteiger partial charge in [-0.05, 0) is 72.8 Å². The Morgan fingerprint density at radius 2 is 1.78 bits per heavy atom. The summed E-state index contributed by atoms with van der Waals surface area (Å²) >= 11 is 17.3. The van der Waals surface area contributed by atoms with Gasteiger partial charge in [-0.3, -0.25) is 0 Å². The quantitative estimate of drug-likeness (QED) is 0.214. The number of rotatable bonds is 6. The fourth-order valence-electron chi connectivity index (χ4n) is 4.73. The van der Waals surface area contributed by atoms with Gasteiger partial charge in [-0.15, -0.1) is 11.3 Å². The van der Waals surface area contributed by atoms with Crippen LogP contribution in [0.5, 0.6) is 0 Å². The van der Waals surface area contributed by atoms with Crippen LogP contribution < -0.4 is 0 Å². The van der Waals surface area contributed by atoms with E-state index in [1.54, 1.807) is 18.2 Å². The molecule has 0 N–H and O–H groups in total. The average molecular weight is 626 g/mol. The van der Waals surface area contributed by atoms with Crippen LogP contribution in [-0.2, 0) is 11.3 Å². The monoisotopic (exact) mass is 624 g/mol. The Morgan fingerprint density at radius 3 is 2.46 bits per heavy atom. The molecule has 0 spiro atoms. The SMILES string of the molecule is CCOCc1c(-c2c(Cl)cccc2Cl)noc1C1CC1.Fc1c(Br)ccc2nc(C3CCCCC3)sc12. The van der Waals surface area contributed by atoms with Gasteiger partial charge in [0.1, 0.15) is 11.5 Å². The first-order chi connectivity index (χ1) is 18.0. The topological polar surface area (TPSA) is 48.2 Å². The standard InChI is InChI=1S/C15H15Cl2NO2.C13H13BrFNS/c1-2-19-8-10-14(18-20-15(10)9-6-7-9)13-11(16)4-3-5-12(13)17;14-9-6-7-10-12(11(9)15)17-13(16-10)8-4-2-1-3-5-8/h3-5,9H,2,6-8H2,1H3;6-8H,1-5H2. The largest absolute Gasteiger partial charge is 0.377 e. The Balaban J connectivity index is 0.000000153. The summed E-state index contributed by atoms with van der Waals surface area (Å²) < 4.78 is 26.2. The van der Waals surface area contributed by atoms with E-state index < -0.39 is 0 Å². The van der Waals surface area contributed by atoms with Crippen molar-refractivity contribution in [2.45, 2.75) is 70.3 Å². The minimum Gasteiger partial charge on any atom is -0.377 e. The van der Waals surface area contributed by atoms with Crippen LogP contribution in [0.15, 0.2) is 39.3 Å². The summed E-state index contributed by atoms with van der Waals surface area (Å²) in [6.45, 7) is 3.08. The number of aromatic nitrogens is 2. The Kier molecular flexibility index (Phi) is 8.87. The summed E-state index contributed by atoms with van der Waals surface area (Å²) in [6.07, 6.45) is 8.61. The lowest BCUT2D eigenvalue weighted by Crippen LogP contribution is -2.03. The lowest BCUT2D eigenvalue weighted by atomic mass is 9.90. The van der Waals surface area contributed by atoms with E-state index in [0.717, 1.165) is 40.3 Å². The van der Waals surface area contributed by atoms with E-state index >= 15 is 0 Å². The van der Waals surface area contributed by atoms with Crippen molar-refractivity contribution in [2.75, 3.05) is 6.61 Å². The summed E-state index contributed by atoms with van der Waals surface area (Å²) in [6, 6.07) is 9.06. The highest BCUT2D eigenvalue weighted by Gasteiger charge is 2.33. The van der Waals surface area contributed by atoms with Gasteiger partial charge in [0.25, 0.3) is 0 Å². The number of ether oxygens (including phenoxy) is 1. The molecule has 0 aliphatic heterocycles. The number of fused-ring (bicyclic) bond motifs is 1. The van der Waals surface area contributed by atoms with Crippen LogP contribution in [0.2, 0.25) is 10.0 Å². The highest BCUT2D eigenvalue weighted by atomic mass is 79.9. The number of halogens is 4. The van der Waals surface area contributed by atoms with Gasteiger partial charge in [0.05, 0.1) is 36.3 Å². The second-order valence-electron chi connectivity index (χ2n) is 9.48. The Labute approximate surface area is 238 Å². The number of nitrogens with zero attached hydrogens (tertiary/aromatic N) is 2. The van der Waals surface area contributed by atoms with Crippen LogP contribution in [0.4, 0.5) is 4.39 Å². The molecule has 196 valence electrons. The second-order valence-corrected chi connectivity index (χ2v) is 12.2. The van der Waals surface area contributed by atoms with E-state index in [0.29, 0.717) is 50.0 Å². The molecule has 0 bridgehead atoms. The predicted molar refractivity (Wildman–Crippen MR) is 152 cm³/mol. The zero-order valence-corrected chi connectivity index (χ0v) is 24.5. The molecule has 2 aliphatic carbocycles. The van der Waals surface area contributed by atoms with Crippen molar-refractivity contribution in [3.8, 4) is 11.3 Å². The number of hydrogen-bond acceptors (Lipinski definition) is 5. The summed E-state index contributed by atoms with van der Waals surface area (Å²) in [5.41, 5.74) is 3.21. The van der Waals surface area contributed by atoms with Gasteiger partial charge in [0.2, 0.25) is 0 Å². The molecule has 2 saturated carbocycles. The van der Waals surface area contributed by atoms with E-state index in [9.17, 15) is 4.39 Å². The van der Waals surface area contributed by atoms with Gasteiger partial charge in [0.15, 0.2) is 5.82 Å². The molecule has 6 rings (SSSR count). The van der Waals surface area contributed by atoms with Gasteiger partial charge < -0.3 is 9.26 Å². The molecular formula is C28H28BrCl2FN2O2S. The summed E-state index contributed by atoms with van der Waals surface area (Å²) in [7, 11) is 0. The van der Waals surface area contributed by atoms with Crippen LogP contribution in [0.3, 0.4) is 0 Å². The molecule has 9 heteroatoms. The molecule has 2 heterocycles. The van der Waals surface area contributed by atoms with Crippen LogP contribution in [0, 0.1) is 5.82 Å².